The van der Waals surface area contributed by atoms with Crippen molar-refractivity contribution in [3.63, 3.8) is 0 Å². The molecular weight excluding hydrogens is 402 g/mol. The molecule has 0 saturated carbocycles. The number of carbonyl (C=O) groups excluding carboxylic acids is 2. The molecule has 2 heterocycles. The van der Waals surface area contributed by atoms with E-state index in [2.05, 4.69) is 16.0 Å². The molecule has 3 aromatic rings. The number of hydrogen-bond donors (Lipinski definition) is 0. The standard InChI is InChI=1S/C23H25NO5S/c1-15-12-19(16(2)24(15)10-9-18-6-5-11-30-18)20(25)14-29-23(26)17-7-8-21(27-3)22(13-17)28-4/h5-8,11-13H,9-10,14H2,1-4H3. The zero-order chi connectivity index (χ0) is 21.7. The molecule has 7 heteroatoms. The lowest BCUT2D eigenvalue weighted by molar-refractivity contribution is 0.0474. The summed E-state index contributed by atoms with van der Waals surface area (Å²) in [4.78, 5) is 26.4. The first-order valence-electron chi connectivity index (χ1n) is 9.56. The van der Waals surface area contributed by atoms with E-state index in [0.29, 0.717) is 22.6 Å². The van der Waals surface area contributed by atoms with Crippen LogP contribution in [0.3, 0.4) is 0 Å². The van der Waals surface area contributed by atoms with Gasteiger partial charge in [-0.25, -0.2) is 4.79 Å². The van der Waals surface area contributed by atoms with Gasteiger partial charge in [0.05, 0.1) is 19.8 Å². The van der Waals surface area contributed by atoms with Gasteiger partial charge < -0.3 is 18.8 Å². The van der Waals surface area contributed by atoms with E-state index in [-0.39, 0.29) is 12.4 Å². The molecule has 0 aliphatic heterocycles. The zero-order valence-electron chi connectivity index (χ0n) is 17.6. The first kappa shape index (κ1) is 21.6. The van der Waals surface area contributed by atoms with Crippen molar-refractivity contribution in [1.29, 1.82) is 0 Å². The summed E-state index contributed by atoms with van der Waals surface area (Å²) < 4.78 is 17.7. The van der Waals surface area contributed by atoms with E-state index in [1.54, 1.807) is 23.5 Å². The van der Waals surface area contributed by atoms with Crippen LogP contribution in [0.2, 0.25) is 0 Å². The Bertz CT molecular complexity index is 1040. The summed E-state index contributed by atoms with van der Waals surface area (Å²) in [5.41, 5.74) is 2.77. The second-order valence-corrected chi connectivity index (χ2v) is 7.87. The molecule has 0 spiro atoms. The molecule has 0 saturated heterocycles. The fourth-order valence-corrected chi connectivity index (χ4v) is 4.06. The van der Waals surface area contributed by atoms with Crippen molar-refractivity contribution in [2.24, 2.45) is 0 Å². The van der Waals surface area contributed by atoms with Crippen molar-refractivity contribution in [3.05, 3.63) is 69.2 Å². The fraction of sp³-hybridized carbons (Fsp3) is 0.304. The van der Waals surface area contributed by atoms with E-state index in [0.717, 1.165) is 24.4 Å². The van der Waals surface area contributed by atoms with E-state index in [1.807, 2.05) is 26.0 Å². The number of Topliss-reactive ketones (excluding diaryl/α,β-unsaturated/α-hetero) is 1. The van der Waals surface area contributed by atoms with E-state index in [9.17, 15) is 9.59 Å². The van der Waals surface area contributed by atoms with Crippen LogP contribution in [0.1, 0.15) is 37.0 Å². The van der Waals surface area contributed by atoms with Crippen LogP contribution in [0.5, 0.6) is 11.5 Å². The number of carbonyl (C=O) groups is 2. The van der Waals surface area contributed by atoms with Crippen molar-refractivity contribution >= 4 is 23.1 Å². The summed E-state index contributed by atoms with van der Waals surface area (Å²) in [6.45, 7) is 4.39. The first-order valence-corrected chi connectivity index (χ1v) is 10.4. The molecule has 158 valence electrons. The van der Waals surface area contributed by atoms with Gasteiger partial charge in [0.15, 0.2) is 18.1 Å². The lowest BCUT2D eigenvalue weighted by atomic mass is 10.1. The maximum atomic E-state index is 12.7. The molecule has 0 unspecified atom stereocenters. The van der Waals surface area contributed by atoms with Gasteiger partial charge in [0.2, 0.25) is 5.78 Å². The van der Waals surface area contributed by atoms with E-state index in [4.69, 9.17) is 14.2 Å². The molecular formula is C23H25NO5S. The Morgan fingerprint density at radius 3 is 2.47 bits per heavy atom. The highest BCUT2D eigenvalue weighted by Gasteiger charge is 2.19. The third-order valence-electron chi connectivity index (χ3n) is 4.99. The van der Waals surface area contributed by atoms with E-state index < -0.39 is 5.97 Å². The SMILES string of the molecule is COc1ccc(C(=O)OCC(=O)c2cc(C)n(CCc3cccs3)c2C)cc1OC. The number of benzene rings is 1. The second-order valence-electron chi connectivity index (χ2n) is 6.83. The molecule has 2 aromatic heterocycles. The lowest BCUT2D eigenvalue weighted by Gasteiger charge is -2.10. The van der Waals surface area contributed by atoms with Crippen molar-refractivity contribution in [3.8, 4) is 11.5 Å². The molecule has 0 aliphatic carbocycles. The molecule has 0 aliphatic rings. The summed E-state index contributed by atoms with van der Waals surface area (Å²) in [5, 5.41) is 2.06. The minimum atomic E-state index is -0.587. The number of methoxy groups -OCH3 is 2. The second kappa shape index (κ2) is 9.63. The largest absolute Gasteiger partial charge is 0.493 e. The van der Waals surface area contributed by atoms with Crippen molar-refractivity contribution in [2.45, 2.75) is 26.8 Å². The highest BCUT2D eigenvalue weighted by atomic mass is 32.1. The van der Waals surface area contributed by atoms with Crippen molar-refractivity contribution in [1.82, 2.24) is 4.57 Å². The highest BCUT2D eigenvalue weighted by Crippen LogP contribution is 2.28. The van der Waals surface area contributed by atoms with Crippen LogP contribution in [0.4, 0.5) is 0 Å². The van der Waals surface area contributed by atoms with Gasteiger partial charge in [0.25, 0.3) is 0 Å². The Morgan fingerprint density at radius 2 is 1.80 bits per heavy atom. The third-order valence-corrected chi connectivity index (χ3v) is 5.93. The number of hydrogen-bond acceptors (Lipinski definition) is 6. The Kier molecular flexibility index (Phi) is 6.95. The van der Waals surface area contributed by atoms with Gasteiger partial charge >= 0.3 is 5.97 Å². The lowest BCUT2D eigenvalue weighted by Crippen LogP contribution is -2.15. The monoisotopic (exact) mass is 427 g/mol. The zero-order valence-corrected chi connectivity index (χ0v) is 18.4. The number of ketones is 1. The minimum Gasteiger partial charge on any atom is -0.493 e. The van der Waals surface area contributed by atoms with Gasteiger partial charge in [-0.3, -0.25) is 4.79 Å². The number of esters is 1. The molecule has 0 radical (unpaired) electrons. The maximum Gasteiger partial charge on any atom is 0.338 e. The minimum absolute atomic E-state index is 0.223. The molecule has 0 amide bonds. The summed E-state index contributed by atoms with van der Waals surface area (Å²) in [7, 11) is 3.01. The quantitative estimate of drug-likeness (QED) is 0.372. The predicted octanol–water partition coefficient (Wildman–Crippen LogP) is 4.47. The van der Waals surface area contributed by atoms with E-state index >= 15 is 0 Å². The van der Waals surface area contributed by atoms with Crippen LogP contribution in [0.25, 0.3) is 0 Å². The maximum absolute atomic E-state index is 12.7. The third kappa shape index (κ3) is 4.74. The Labute approximate surface area is 180 Å². The Hall–Kier alpha value is -3.06. The number of nitrogens with zero attached hydrogens (tertiary/aromatic N) is 1. The predicted molar refractivity (Wildman–Crippen MR) is 116 cm³/mol. The summed E-state index contributed by atoms with van der Waals surface area (Å²) in [6.07, 6.45) is 0.913. The van der Waals surface area contributed by atoms with Crippen LogP contribution in [-0.4, -0.2) is 37.1 Å². The highest BCUT2D eigenvalue weighted by molar-refractivity contribution is 7.09. The topological polar surface area (TPSA) is 66.8 Å². The Balaban J connectivity index is 1.64. The Morgan fingerprint density at radius 1 is 1.03 bits per heavy atom. The number of ether oxygens (including phenoxy) is 3. The summed E-state index contributed by atoms with van der Waals surface area (Å²) in [5.74, 6) is 0.128. The summed E-state index contributed by atoms with van der Waals surface area (Å²) >= 11 is 1.73. The van der Waals surface area contributed by atoms with Gasteiger partial charge in [-0.15, -0.1) is 11.3 Å². The first-order chi connectivity index (χ1) is 14.4. The van der Waals surface area contributed by atoms with Crippen LogP contribution < -0.4 is 9.47 Å². The van der Waals surface area contributed by atoms with Gasteiger partial charge in [0, 0.05) is 28.4 Å². The summed E-state index contributed by atoms with van der Waals surface area (Å²) in [6, 6.07) is 10.7. The van der Waals surface area contributed by atoms with Gasteiger partial charge in [0.1, 0.15) is 0 Å². The number of aromatic nitrogens is 1. The molecule has 30 heavy (non-hydrogen) atoms. The molecule has 0 atom stereocenters. The molecule has 0 bridgehead atoms. The molecule has 1 aromatic carbocycles. The van der Waals surface area contributed by atoms with Crippen LogP contribution >= 0.6 is 11.3 Å². The molecule has 6 nitrogen and oxygen atoms in total. The number of thiophene rings is 1. The van der Waals surface area contributed by atoms with Gasteiger partial charge in [-0.1, -0.05) is 6.07 Å². The van der Waals surface area contributed by atoms with Gasteiger partial charge in [-0.2, -0.15) is 0 Å². The smallest absolute Gasteiger partial charge is 0.338 e. The average molecular weight is 428 g/mol. The van der Waals surface area contributed by atoms with E-state index in [1.165, 1.54) is 25.2 Å². The molecule has 0 N–H and O–H groups in total. The van der Waals surface area contributed by atoms with Crippen LogP contribution in [0, 0.1) is 13.8 Å². The molecule has 0 fully saturated rings. The number of rotatable bonds is 9. The van der Waals surface area contributed by atoms with Crippen molar-refractivity contribution < 1.29 is 23.8 Å². The van der Waals surface area contributed by atoms with Crippen LogP contribution in [-0.2, 0) is 17.7 Å². The average Bonchev–Trinajstić information content (AvgIpc) is 3.37. The van der Waals surface area contributed by atoms with Gasteiger partial charge in [-0.05, 0) is 56.0 Å². The number of aryl methyl sites for hydroxylation is 2. The normalized spacial score (nSPS) is 10.7. The van der Waals surface area contributed by atoms with Crippen LogP contribution in [0.15, 0.2) is 41.8 Å². The fourth-order valence-electron chi connectivity index (χ4n) is 3.36. The van der Waals surface area contributed by atoms with Crippen molar-refractivity contribution in [2.75, 3.05) is 20.8 Å². The molecule has 3 rings (SSSR count).